The van der Waals surface area contributed by atoms with Crippen LogP contribution >= 0.6 is 0 Å². The summed E-state index contributed by atoms with van der Waals surface area (Å²) in [7, 11) is 3.57. The number of benzene rings is 1. The number of hydrogen-bond acceptors (Lipinski definition) is 6. The molecule has 0 bridgehead atoms. The third kappa shape index (κ3) is 3.63. The average Bonchev–Trinajstić information content (AvgIpc) is 2.48. The van der Waals surface area contributed by atoms with Gasteiger partial charge in [0.05, 0.1) is 12.8 Å². The third-order valence-corrected chi connectivity index (χ3v) is 3.48. The van der Waals surface area contributed by atoms with Crippen molar-refractivity contribution in [3.63, 3.8) is 0 Å². The molecule has 0 saturated carbocycles. The van der Waals surface area contributed by atoms with Gasteiger partial charge in [0.2, 0.25) is 5.90 Å². The first-order valence-corrected chi connectivity index (χ1v) is 6.73. The van der Waals surface area contributed by atoms with Crippen LogP contribution in [0, 0.1) is 10.8 Å². The van der Waals surface area contributed by atoms with E-state index >= 15 is 0 Å². The topological polar surface area (TPSA) is 98.7 Å². The van der Waals surface area contributed by atoms with Gasteiger partial charge in [-0.2, -0.15) is 0 Å². The summed E-state index contributed by atoms with van der Waals surface area (Å²) in [5.41, 5.74) is 6.77. The molecule has 4 N–H and O–H groups in total. The van der Waals surface area contributed by atoms with Crippen molar-refractivity contribution in [2.75, 3.05) is 46.1 Å². The van der Waals surface area contributed by atoms with Gasteiger partial charge < -0.3 is 25.0 Å². The van der Waals surface area contributed by atoms with Crippen LogP contribution in [0.25, 0.3) is 0 Å². The number of nitrogens with two attached hydrogens (primary N) is 1. The quantitative estimate of drug-likeness (QED) is 0.425. The fourth-order valence-electron chi connectivity index (χ4n) is 2.08. The fourth-order valence-corrected chi connectivity index (χ4v) is 2.08. The van der Waals surface area contributed by atoms with Gasteiger partial charge in [0.25, 0.3) is 6.02 Å². The lowest BCUT2D eigenvalue weighted by atomic mass is 10.2. The van der Waals surface area contributed by atoms with Gasteiger partial charge in [-0.05, 0) is 25.2 Å². The number of nitrogens with zero attached hydrogens (tertiary/aromatic N) is 2. The Morgan fingerprint density at radius 2 is 1.86 bits per heavy atom. The van der Waals surface area contributed by atoms with Gasteiger partial charge >= 0.3 is 0 Å². The first-order chi connectivity index (χ1) is 10.0. The molecule has 21 heavy (non-hydrogen) atoms. The standard InChI is InChI=1S/C14H21N5O2/c1-18-5-7-19(8-6-18)14(17)21-13(16)10-3-4-11(15)12(9-10)20-2/h3-4,9,16-17H,5-8,15H2,1-2H3. The molecule has 2 rings (SSSR count). The van der Waals surface area contributed by atoms with Gasteiger partial charge in [-0.25, -0.2) is 0 Å². The maximum absolute atomic E-state index is 7.96. The van der Waals surface area contributed by atoms with Crippen molar-refractivity contribution in [1.82, 2.24) is 9.80 Å². The first-order valence-electron chi connectivity index (χ1n) is 6.73. The van der Waals surface area contributed by atoms with Gasteiger partial charge in [-0.15, -0.1) is 0 Å². The van der Waals surface area contributed by atoms with Gasteiger partial charge in [-0.3, -0.25) is 10.8 Å². The highest BCUT2D eigenvalue weighted by Gasteiger charge is 2.19. The molecule has 114 valence electrons. The number of anilines is 1. The van der Waals surface area contributed by atoms with Crippen molar-refractivity contribution in [3.05, 3.63) is 23.8 Å². The summed E-state index contributed by atoms with van der Waals surface area (Å²) in [6, 6.07) is 4.97. The molecule has 0 radical (unpaired) electrons. The van der Waals surface area contributed by atoms with Crippen LogP contribution in [0.4, 0.5) is 5.69 Å². The van der Waals surface area contributed by atoms with Crippen LogP contribution in [0.2, 0.25) is 0 Å². The molecule has 0 unspecified atom stereocenters. The summed E-state index contributed by atoms with van der Waals surface area (Å²) >= 11 is 0. The molecule has 0 atom stereocenters. The second kappa shape index (κ2) is 6.45. The van der Waals surface area contributed by atoms with E-state index in [0.29, 0.717) is 17.0 Å². The molecule has 1 aliphatic rings. The lowest BCUT2D eigenvalue weighted by molar-refractivity contribution is 0.194. The minimum Gasteiger partial charge on any atom is -0.495 e. The molecular formula is C14H21N5O2. The molecule has 1 aromatic carbocycles. The van der Waals surface area contributed by atoms with Crippen molar-refractivity contribution in [3.8, 4) is 5.75 Å². The van der Waals surface area contributed by atoms with Gasteiger partial charge in [0.15, 0.2) is 0 Å². The van der Waals surface area contributed by atoms with Gasteiger partial charge in [-0.1, -0.05) is 0 Å². The Hall–Kier alpha value is -2.28. The highest BCUT2D eigenvalue weighted by molar-refractivity contribution is 5.99. The zero-order valence-corrected chi connectivity index (χ0v) is 12.3. The van der Waals surface area contributed by atoms with Crippen molar-refractivity contribution in [1.29, 1.82) is 10.8 Å². The number of likely N-dealkylation sites (N-methyl/N-ethyl adjacent to an activating group) is 1. The van der Waals surface area contributed by atoms with Crippen LogP contribution in [0.1, 0.15) is 5.56 Å². The van der Waals surface area contributed by atoms with E-state index in [1.54, 1.807) is 18.2 Å². The average molecular weight is 291 g/mol. The van der Waals surface area contributed by atoms with E-state index in [1.807, 2.05) is 11.9 Å². The summed E-state index contributed by atoms with van der Waals surface area (Å²) in [6.45, 7) is 3.23. The number of nitrogens with one attached hydrogen (secondary N) is 2. The lowest BCUT2D eigenvalue weighted by Gasteiger charge is -2.33. The first kappa shape index (κ1) is 15.1. The molecule has 0 aromatic heterocycles. The van der Waals surface area contributed by atoms with E-state index in [0.717, 1.165) is 26.2 Å². The van der Waals surface area contributed by atoms with Gasteiger partial charge in [0, 0.05) is 31.7 Å². The maximum atomic E-state index is 7.96. The Labute approximate surface area is 124 Å². The molecule has 0 spiro atoms. The number of hydrogen-bond donors (Lipinski definition) is 3. The monoisotopic (exact) mass is 291 g/mol. The van der Waals surface area contributed by atoms with Crippen LogP contribution in [0.5, 0.6) is 5.75 Å². The Morgan fingerprint density at radius 1 is 1.19 bits per heavy atom. The molecule has 1 fully saturated rings. The van der Waals surface area contributed by atoms with E-state index in [9.17, 15) is 0 Å². The molecular weight excluding hydrogens is 270 g/mol. The third-order valence-electron chi connectivity index (χ3n) is 3.48. The summed E-state index contributed by atoms with van der Waals surface area (Å²) in [5, 5.41) is 15.9. The maximum Gasteiger partial charge on any atom is 0.291 e. The van der Waals surface area contributed by atoms with Crippen molar-refractivity contribution >= 4 is 17.6 Å². The number of nitrogen functional groups attached to an aromatic ring is 1. The van der Waals surface area contributed by atoms with Crippen LogP contribution < -0.4 is 10.5 Å². The SMILES string of the molecule is COc1cc(C(=N)OC(=N)N2CCN(C)CC2)ccc1N. The van der Waals surface area contributed by atoms with Crippen LogP contribution in [0.3, 0.4) is 0 Å². The molecule has 7 heteroatoms. The Morgan fingerprint density at radius 3 is 2.48 bits per heavy atom. The summed E-state index contributed by atoms with van der Waals surface area (Å²) in [6.07, 6.45) is 0. The zero-order chi connectivity index (χ0) is 15.4. The van der Waals surface area contributed by atoms with Crippen LogP contribution in [-0.2, 0) is 4.74 Å². The number of rotatable bonds is 2. The zero-order valence-electron chi connectivity index (χ0n) is 12.3. The second-order valence-corrected chi connectivity index (χ2v) is 4.98. The number of piperazine rings is 1. The van der Waals surface area contributed by atoms with E-state index in [2.05, 4.69) is 4.90 Å². The molecule has 1 heterocycles. The van der Waals surface area contributed by atoms with Crippen molar-refractivity contribution < 1.29 is 9.47 Å². The molecule has 0 amide bonds. The Kier molecular flexibility index (Phi) is 4.64. The minimum atomic E-state index is -0.0859. The molecule has 0 aliphatic carbocycles. The number of ether oxygens (including phenoxy) is 2. The summed E-state index contributed by atoms with van der Waals surface area (Å²) in [4.78, 5) is 4.02. The van der Waals surface area contributed by atoms with Gasteiger partial charge in [0.1, 0.15) is 5.75 Å². The lowest BCUT2D eigenvalue weighted by Crippen LogP contribution is -2.48. The number of methoxy groups -OCH3 is 1. The van der Waals surface area contributed by atoms with Crippen molar-refractivity contribution in [2.24, 2.45) is 0 Å². The largest absolute Gasteiger partial charge is 0.495 e. The van der Waals surface area contributed by atoms with E-state index in [1.165, 1.54) is 7.11 Å². The van der Waals surface area contributed by atoms with E-state index in [4.69, 9.17) is 26.0 Å². The second-order valence-electron chi connectivity index (χ2n) is 4.98. The molecule has 7 nitrogen and oxygen atoms in total. The Bertz CT molecular complexity index is 538. The fraction of sp³-hybridized carbons (Fsp3) is 0.429. The highest BCUT2D eigenvalue weighted by atomic mass is 16.5. The van der Waals surface area contributed by atoms with Crippen LogP contribution in [-0.4, -0.2) is 62.1 Å². The van der Waals surface area contributed by atoms with Crippen molar-refractivity contribution in [2.45, 2.75) is 0 Å². The highest BCUT2D eigenvalue weighted by Crippen LogP contribution is 2.22. The minimum absolute atomic E-state index is 0.00360. The summed E-state index contributed by atoms with van der Waals surface area (Å²) < 4.78 is 10.5. The molecule has 1 aliphatic heterocycles. The molecule has 1 saturated heterocycles. The van der Waals surface area contributed by atoms with Crippen LogP contribution in [0.15, 0.2) is 18.2 Å². The Balaban J connectivity index is 1.99. The smallest absolute Gasteiger partial charge is 0.291 e. The van der Waals surface area contributed by atoms with E-state index in [-0.39, 0.29) is 11.9 Å². The molecule has 1 aromatic rings. The summed E-state index contributed by atoms with van der Waals surface area (Å²) in [5.74, 6) is 0.407. The number of amidine groups is 1. The van der Waals surface area contributed by atoms with E-state index < -0.39 is 0 Å². The predicted octanol–water partition coefficient (Wildman–Crippen LogP) is 0.802. The normalized spacial score (nSPS) is 15.6. The predicted molar refractivity (Wildman–Crippen MR) is 82.1 cm³/mol.